The number of aliphatic hydroxyl groups is 1. The van der Waals surface area contributed by atoms with Crippen molar-refractivity contribution < 1.29 is 83.1 Å². The smallest absolute Gasteiger partial charge is 0.407 e. The number of amides is 2. The predicted octanol–water partition coefficient (Wildman–Crippen LogP) is 7.83. The van der Waals surface area contributed by atoms with Crippen LogP contribution in [0.1, 0.15) is 75.6 Å². The molecule has 0 aliphatic carbocycles. The highest BCUT2D eigenvalue weighted by Gasteiger charge is 2.57. The first-order valence-electron chi connectivity index (χ1n) is 28.3. The Balaban J connectivity index is 1.05. The maximum atomic E-state index is 16.1. The summed E-state index contributed by atoms with van der Waals surface area (Å²) in [4.78, 5) is 68.2. The van der Waals surface area contributed by atoms with E-state index in [2.05, 4.69) is 41.4 Å². The van der Waals surface area contributed by atoms with Crippen LogP contribution in [0.4, 0.5) is 45.7 Å². The number of aliphatic hydroxyl groups excluding tert-OH is 1. The van der Waals surface area contributed by atoms with E-state index in [1.807, 2.05) is 17.4 Å². The Hall–Kier alpha value is -6.98. The number of carbonyl (C=O) groups excluding carboxylic acids is 4. The number of Topliss-reactive ketones (excluding diaryl/α,β-unsaturated/α-hetero) is 1. The Labute approximate surface area is 493 Å². The van der Waals surface area contributed by atoms with E-state index in [4.69, 9.17) is 19.2 Å². The molecule has 2 bridgehead atoms. The van der Waals surface area contributed by atoms with Crippen molar-refractivity contribution in [2.45, 2.75) is 115 Å². The number of carbonyl (C=O) groups is 4. The molecule has 4 aromatic rings. The number of ketones is 1. The molecule has 466 valence electrons. The van der Waals surface area contributed by atoms with Gasteiger partial charge < -0.3 is 44.3 Å². The third-order valence-electron chi connectivity index (χ3n) is 16.9. The lowest BCUT2D eigenvalue weighted by molar-refractivity contribution is -0.230. The van der Waals surface area contributed by atoms with Crippen LogP contribution in [0.15, 0.2) is 73.1 Å². The molecule has 2 unspecified atom stereocenters. The van der Waals surface area contributed by atoms with Crippen molar-refractivity contribution in [3.05, 3.63) is 107 Å². The molecule has 2 aromatic carbocycles. The third kappa shape index (κ3) is 15.6. The van der Waals surface area contributed by atoms with Crippen LogP contribution in [-0.4, -0.2) is 171 Å². The van der Waals surface area contributed by atoms with Crippen LogP contribution in [-0.2, 0) is 46.2 Å². The minimum absolute atomic E-state index is 0.0396. The summed E-state index contributed by atoms with van der Waals surface area (Å²) in [5.74, 6) is -1.64. The van der Waals surface area contributed by atoms with E-state index >= 15 is 8.78 Å². The lowest BCUT2D eigenvalue weighted by Crippen LogP contribution is -2.62. The highest BCUT2D eigenvalue weighted by molar-refractivity contribution is 5.88. The lowest BCUT2D eigenvalue weighted by Gasteiger charge is -2.47. The molecule has 4 fully saturated rings. The van der Waals surface area contributed by atoms with Gasteiger partial charge in [0.05, 0.1) is 88.3 Å². The fourth-order valence-corrected chi connectivity index (χ4v) is 11.1. The average Bonchev–Trinajstić information content (AvgIpc) is 1.80. The number of hydrogen-bond acceptors (Lipinski definition) is 15. The molecule has 4 saturated heterocycles. The van der Waals surface area contributed by atoms with Gasteiger partial charge in [0.15, 0.2) is 5.78 Å². The number of esters is 1. The van der Waals surface area contributed by atoms with E-state index in [9.17, 15) is 50.6 Å². The van der Waals surface area contributed by atoms with Gasteiger partial charge in [0.25, 0.3) is 0 Å². The summed E-state index contributed by atoms with van der Waals surface area (Å²) in [7, 11) is 1.82. The number of anilines is 1. The fraction of sp³-hybridized carbons (Fsp3) is 0.541. The second kappa shape index (κ2) is 27.4. The average molecular weight is 1210 g/mol. The van der Waals surface area contributed by atoms with Gasteiger partial charge in [-0.15, -0.1) is 0 Å². The fourth-order valence-electron chi connectivity index (χ4n) is 11.1. The second-order valence-corrected chi connectivity index (χ2v) is 23.4. The Morgan fingerprint density at radius 2 is 1.42 bits per heavy atom. The number of ether oxygens (including phenoxy) is 5. The van der Waals surface area contributed by atoms with Crippen LogP contribution in [0.25, 0.3) is 11.3 Å². The van der Waals surface area contributed by atoms with Crippen molar-refractivity contribution >= 4 is 29.6 Å². The van der Waals surface area contributed by atoms with Gasteiger partial charge in [-0.3, -0.25) is 29.2 Å². The van der Waals surface area contributed by atoms with Crippen molar-refractivity contribution in [1.29, 1.82) is 0 Å². The molecule has 8 rings (SSSR count). The van der Waals surface area contributed by atoms with E-state index in [1.54, 1.807) is 36.5 Å². The maximum absolute atomic E-state index is 16.1. The number of hydrogen-bond donors (Lipinski definition) is 3. The van der Waals surface area contributed by atoms with Crippen LogP contribution < -0.4 is 20.3 Å². The van der Waals surface area contributed by atoms with Crippen LogP contribution >= 0.6 is 0 Å². The number of halogens is 8. The number of fused-ring (bicyclic) bond motifs is 2. The van der Waals surface area contributed by atoms with E-state index in [1.165, 1.54) is 17.2 Å². The van der Waals surface area contributed by atoms with E-state index in [0.29, 0.717) is 67.6 Å². The largest absolute Gasteiger partial charge is 0.485 e. The van der Waals surface area contributed by atoms with Crippen molar-refractivity contribution in [2.75, 3.05) is 78.4 Å². The van der Waals surface area contributed by atoms with E-state index < -0.39 is 127 Å². The van der Waals surface area contributed by atoms with Crippen LogP contribution in [0, 0.1) is 46.1 Å². The van der Waals surface area contributed by atoms with Gasteiger partial charge in [-0.25, -0.2) is 18.6 Å². The van der Waals surface area contributed by atoms with Gasteiger partial charge in [0.2, 0.25) is 5.91 Å². The Bertz CT molecular complexity index is 3060. The summed E-state index contributed by atoms with van der Waals surface area (Å²) in [5, 5.41) is 16.6. The third-order valence-corrected chi connectivity index (χ3v) is 16.9. The molecule has 6 atom stereocenters. The summed E-state index contributed by atoms with van der Waals surface area (Å²) in [5.41, 5.74) is -4.35. The van der Waals surface area contributed by atoms with Crippen LogP contribution in [0.2, 0.25) is 0 Å². The molecule has 0 spiro atoms. The number of nitrogens with zero attached hydrogens (tertiary/aromatic N) is 5. The molecule has 0 radical (unpaired) electrons. The minimum Gasteiger partial charge on any atom is -0.485 e. The van der Waals surface area contributed by atoms with Gasteiger partial charge in [-0.2, -0.15) is 26.3 Å². The summed E-state index contributed by atoms with van der Waals surface area (Å²) < 4.78 is 145. The minimum atomic E-state index is -5.07. The molecule has 3 N–H and O–H groups in total. The quantitative estimate of drug-likeness (QED) is 0.0266. The van der Waals surface area contributed by atoms with Gasteiger partial charge >= 0.3 is 24.4 Å². The number of aromatic nitrogens is 2. The second-order valence-electron chi connectivity index (χ2n) is 23.4. The zero-order valence-corrected chi connectivity index (χ0v) is 48.5. The van der Waals surface area contributed by atoms with Crippen LogP contribution in [0.3, 0.4) is 0 Å². The zero-order valence-electron chi connectivity index (χ0n) is 48.5. The van der Waals surface area contributed by atoms with Gasteiger partial charge in [-0.05, 0) is 93.5 Å². The topological polar surface area (TPSA) is 194 Å². The summed E-state index contributed by atoms with van der Waals surface area (Å²) in [6.07, 6.45) is -10.6. The standard InChI is InChI=1S/C61H71F8N7O10/c1-58(2,60(64,65)66)47(26-54(79)82-5)56(80)72-35-74(20-18-46-48(62)22-39(23-49(46)63)50-25-44(17-19-70-50)86-45-33-85-34-45)30-52(78)40(24-51(77)55(73-57(81)83-6)59(3,4)61(67,68)69)21-37-10-7-36(8-11-37)9-12-38-13-16-53(71-27-38)75-28-41-14-15-42(29-75)76(41)43-31-84-32-43/h7-8,10-11,13,16-17,19,22-23,25,27,40-43,45,47,52,55,78H,14-15,18,20-21,24,26,28-35H2,1-6H3,(H,72,80)(H,73,81)/t40-,41?,42?,47-,52+,55-/m1/s1. The maximum Gasteiger partial charge on any atom is 0.407 e. The summed E-state index contributed by atoms with van der Waals surface area (Å²) in [6, 6.07) is 14.6. The van der Waals surface area contributed by atoms with Gasteiger partial charge in [0.1, 0.15) is 35.3 Å². The number of alkyl halides is 6. The molecule has 25 heteroatoms. The first-order chi connectivity index (χ1) is 40.6. The van der Waals surface area contributed by atoms with E-state index in [0.717, 1.165) is 85.2 Å². The molecular weight excluding hydrogens is 1140 g/mol. The molecule has 4 aliphatic rings. The van der Waals surface area contributed by atoms with Crippen molar-refractivity contribution in [3.63, 3.8) is 0 Å². The molecular formula is C61H71F8N7O10. The Morgan fingerprint density at radius 1 is 0.791 bits per heavy atom. The monoisotopic (exact) mass is 1210 g/mol. The Kier molecular flexibility index (Phi) is 20.7. The van der Waals surface area contributed by atoms with Gasteiger partial charge in [0, 0.05) is 85.4 Å². The Morgan fingerprint density at radius 3 is 1.98 bits per heavy atom. The SMILES string of the molecule is COC(=O)C[C@H](C(=O)NCN(CCc1c(F)cc(-c2cc(OC3COC3)ccn2)cc1F)C[C@H](O)[C@@H](CC(=O)[C@@H](NC(=O)OC)C(C)(C)C(F)(F)F)Cc1ccc(C#Cc2ccc(N3CC4CCC(C3)N4C3COC3)nc2)cc1)C(C)(C)C(F)(F)F. The molecule has 0 saturated carbocycles. The number of piperazine rings is 1. The first kappa shape index (κ1) is 65.0. The first-order valence-corrected chi connectivity index (χ1v) is 28.3. The number of benzene rings is 2. The number of rotatable bonds is 24. The van der Waals surface area contributed by atoms with Crippen molar-refractivity contribution in [2.24, 2.45) is 22.7 Å². The van der Waals surface area contributed by atoms with E-state index in [-0.39, 0.29) is 23.8 Å². The number of pyridine rings is 2. The normalized spacial score (nSPS) is 19.0. The number of methoxy groups -OCH3 is 2. The molecule has 17 nitrogen and oxygen atoms in total. The van der Waals surface area contributed by atoms with Crippen molar-refractivity contribution in [1.82, 2.24) is 30.4 Å². The molecule has 2 amide bonds. The lowest BCUT2D eigenvalue weighted by atomic mass is 9.75. The molecule has 6 heterocycles. The van der Waals surface area contributed by atoms with Crippen molar-refractivity contribution in [3.8, 4) is 28.8 Å². The van der Waals surface area contributed by atoms with Gasteiger partial charge in [-0.1, -0.05) is 37.8 Å². The highest BCUT2D eigenvalue weighted by Crippen LogP contribution is 2.46. The summed E-state index contributed by atoms with van der Waals surface area (Å²) in [6.45, 7) is 5.05. The predicted molar refractivity (Wildman–Crippen MR) is 297 cm³/mol. The van der Waals surface area contributed by atoms with Crippen LogP contribution in [0.5, 0.6) is 5.75 Å². The summed E-state index contributed by atoms with van der Waals surface area (Å²) >= 11 is 0. The number of alkyl carbamates (subject to hydrolysis) is 1. The molecule has 86 heavy (non-hydrogen) atoms. The molecule has 2 aromatic heterocycles. The number of nitrogens with one attached hydrogen (secondary N) is 2. The zero-order chi connectivity index (χ0) is 62.3. The molecule has 4 aliphatic heterocycles. The highest BCUT2D eigenvalue weighted by atomic mass is 19.4.